The third-order valence-electron chi connectivity index (χ3n) is 9.65. The zero-order valence-corrected chi connectivity index (χ0v) is 29.5. The van der Waals surface area contributed by atoms with Gasteiger partial charge in [-0.2, -0.15) is 5.10 Å². The van der Waals surface area contributed by atoms with Crippen LogP contribution in [-0.4, -0.2) is 37.0 Å². The standard InChI is InChI=1S/C37H36ClN5O3S2/c1-20-30-19-47-23-16-22-8-4-5-9-24(22)29(17-23)46-15-7-10-25-26-12-13-27(38)33(34(26)42(3)35(25)37(44)45)32-21(2)41-43-14-6-11-28(36(32)43)39-18-31(40-20)48-30/h4-5,8-9,12-13,16-17,28,39H,6-7,10-11,14-15,18-19H2,1-3H3,(H,44,45)/t28-/m1/s1. The minimum absolute atomic E-state index is 0.0456. The molecule has 1 atom stereocenters. The van der Waals surface area contributed by atoms with Crippen LogP contribution in [0.25, 0.3) is 32.8 Å². The van der Waals surface area contributed by atoms with Crippen molar-refractivity contribution in [2.45, 2.75) is 69.3 Å². The van der Waals surface area contributed by atoms with Crippen LogP contribution in [-0.2, 0) is 32.3 Å². The van der Waals surface area contributed by atoms with Crippen LogP contribution >= 0.6 is 34.7 Å². The van der Waals surface area contributed by atoms with E-state index >= 15 is 0 Å². The average Bonchev–Trinajstić information content (AvgIpc) is 3.70. The number of benzene rings is 3. The maximum absolute atomic E-state index is 12.8. The third-order valence-corrected chi connectivity index (χ3v) is 12.3. The van der Waals surface area contributed by atoms with Gasteiger partial charge in [0.1, 0.15) is 16.5 Å². The molecule has 6 aromatic rings. The van der Waals surface area contributed by atoms with Gasteiger partial charge in [-0.05, 0) is 68.7 Å². The first kappa shape index (κ1) is 31.4. The summed E-state index contributed by atoms with van der Waals surface area (Å²) in [7, 11) is 1.84. The molecule has 2 aliphatic heterocycles. The summed E-state index contributed by atoms with van der Waals surface area (Å²) >= 11 is 10.6. The number of carboxylic acids is 1. The molecule has 0 fully saturated rings. The molecule has 3 aromatic heterocycles. The number of thiazole rings is 1. The van der Waals surface area contributed by atoms with E-state index in [1.54, 1.807) is 23.1 Å². The lowest BCUT2D eigenvalue weighted by atomic mass is 9.93. The van der Waals surface area contributed by atoms with E-state index < -0.39 is 5.97 Å². The van der Waals surface area contributed by atoms with E-state index in [0.717, 1.165) is 96.2 Å². The van der Waals surface area contributed by atoms with Gasteiger partial charge in [-0.25, -0.2) is 9.78 Å². The van der Waals surface area contributed by atoms with Crippen molar-refractivity contribution in [3.63, 3.8) is 0 Å². The summed E-state index contributed by atoms with van der Waals surface area (Å²) < 4.78 is 10.4. The summed E-state index contributed by atoms with van der Waals surface area (Å²) in [6, 6.07) is 16.6. The summed E-state index contributed by atoms with van der Waals surface area (Å²) in [5, 5.41) is 24.1. The molecule has 11 heteroatoms. The SMILES string of the molecule is Cc1nc2sc1CSc1cc(c3ccccc3c1)OCCCc1c(C(=O)O)n(C)c3c(c(Cl)ccc13)-c1c(C)nn3c1[C@@H](CCC3)NC2. The molecule has 0 radical (unpaired) electrons. The van der Waals surface area contributed by atoms with Crippen molar-refractivity contribution in [1.82, 2.24) is 24.6 Å². The molecule has 0 aliphatic carbocycles. The normalized spacial score (nSPS) is 16.9. The summed E-state index contributed by atoms with van der Waals surface area (Å²) in [6.45, 7) is 6.06. The van der Waals surface area contributed by atoms with E-state index in [1.165, 1.54) is 4.88 Å². The minimum Gasteiger partial charge on any atom is -0.493 e. The van der Waals surface area contributed by atoms with Gasteiger partial charge in [0.2, 0.25) is 0 Å². The Morgan fingerprint density at radius 1 is 1.08 bits per heavy atom. The molecule has 2 N–H and O–H groups in total. The fourth-order valence-electron chi connectivity index (χ4n) is 7.52. The van der Waals surface area contributed by atoms with Gasteiger partial charge in [-0.15, -0.1) is 23.1 Å². The Balaban J connectivity index is 1.28. The highest BCUT2D eigenvalue weighted by atomic mass is 35.5. The number of aromatic carboxylic acids is 1. The zero-order valence-electron chi connectivity index (χ0n) is 27.1. The molecule has 48 heavy (non-hydrogen) atoms. The molecule has 8 rings (SSSR count). The van der Waals surface area contributed by atoms with Crippen LogP contribution in [0.4, 0.5) is 0 Å². The van der Waals surface area contributed by atoms with Crippen LogP contribution in [0, 0.1) is 13.8 Å². The third kappa shape index (κ3) is 5.39. The quantitative estimate of drug-likeness (QED) is 0.177. The van der Waals surface area contributed by atoms with E-state index in [9.17, 15) is 9.90 Å². The summed E-state index contributed by atoms with van der Waals surface area (Å²) in [5.74, 6) is 0.717. The highest BCUT2D eigenvalue weighted by Gasteiger charge is 2.32. The Labute approximate surface area is 292 Å². The number of rotatable bonds is 1. The van der Waals surface area contributed by atoms with E-state index in [4.69, 9.17) is 26.4 Å². The fraction of sp³-hybridized carbons (Fsp3) is 0.324. The van der Waals surface area contributed by atoms with Gasteiger partial charge in [0.15, 0.2) is 0 Å². The predicted octanol–water partition coefficient (Wildman–Crippen LogP) is 8.86. The first-order valence-electron chi connectivity index (χ1n) is 16.4. The number of nitrogens with one attached hydrogen (secondary N) is 1. The van der Waals surface area contributed by atoms with Crippen molar-refractivity contribution < 1.29 is 14.6 Å². The monoisotopic (exact) mass is 697 g/mol. The number of halogens is 1. The van der Waals surface area contributed by atoms with Crippen molar-refractivity contribution in [1.29, 1.82) is 0 Å². The molecule has 0 unspecified atom stereocenters. The van der Waals surface area contributed by atoms with Crippen LogP contribution in [0.5, 0.6) is 5.75 Å². The number of nitrogens with zero attached hydrogens (tertiary/aromatic N) is 4. The van der Waals surface area contributed by atoms with E-state index in [0.29, 0.717) is 31.0 Å². The lowest BCUT2D eigenvalue weighted by Crippen LogP contribution is -2.28. The molecular formula is C37H36ClN5O3S2. The number of carboxylic acid groups (broad SMARTS) is 1. The smallest absolute Gasteiger partial charge is 0.352 e. The summed E-state index contributed by atoms with van der Waals surface area (Å²) in [4.78, 5) is 20.2. The summed E-state index contributed by atoms with van der Waals surface area (Å²) in [5.41, 5.74) is 6.78. The van der Waals surface area contributed by atoms with E-state index in [-0.39, 0.29) is 11.7 Å². The number of hydrogen-bond acceptors (Lipinski definition) is 7. The Kier molecular flexibility index (Phi) is 8.23. The molecule has 0 saturated carbocycles. The molecular weight excluding hydrogens is 662 g/mol. The minimum atomic E-state index is -0.955. The number of hydrogen-bond donors (Lipinski definition) is 2. The Hall–Kier alpha value is -3.83. The van der Waals surface area contributed by atoms with Gasteiger partial charge >= 0.3 is 5.97 Å². The molecule has 0 amide bonds. The lowest BCUT2D eigenvalue weighted by molar-refractivity contribution is 0.0685. The van der Waals surface area contributed by atoms with Crippen molar-refractivity contribution in [2.75, 3.05) is 6.61 Å². The van der Waals surface area contributed by atoms with Crippen LogP contribution in [0.15, 0.2) is 53.4 Å². The maximum Gasteiger partial charge on any atom is 0.352 e. The predicted molar refractivity (Wildman–Crippen MR) is 194 cm³/mol. The molecule has 246 valence electrons. The van der Waals surface area contributed by atoms with E-state index in [2.05, 4.69) is 47.3 Å². The number of aryl methyl sites for hydroxylation is 5. The largest absolute Gasteiger partial charge is 0.493 e. The number of fused-ring (bicyclic) bond motifs is 7. The van der Waals surface area contributed by atoms with Gasteiger partial charge in [0.05, 0.1) is 40.3 Å². The number of aromatic nitrogens is 4. The number of thioether (sulfide) groups is 1. The highest BCUT2D eigenvalue weighted by molar-refractivity contribution is 7.98. The Morgan fingerprint density at radius 3 is 2.79 bits per heavy atom. The molecule has 8 bridgehead atoms. The van der Waals surface area contributed by atoms with Crippen molar-refractivity contribution in [2.24, 2.45) is 7.05 Å². The number of ether oxygens (including phenoxy) is 1. The van der Waals surface area contributed by atoms with Crippen LogP contribution < -0.4 is 10.1 Å². The molecule has 8 nitrogen and oxygen atoms in total. The first-order chi connectivity index (χ1) is 23.3. The maximum atomic E-state index is 12.8. The molecule has 2 aliphatic rings. The second kappa shape index (κ2) is 12.6. The Morgan fingerprint density at radius 2 is 1.94 bits per heavy atom. The van der Waals surface area contributed by atoms with Crippen molar-refractivity contribution in [3.05, 3.63) is 91.8 Å². The second-order valence-corrected chi connectivity index (χ2v) is 15.3. The van der Waals surface area contributed by atoms with Gasteiger partial charge < -0.3 is 19.7 Å². The molecule has 0 spiro atoms. The topological polar surface area (TPSA) is 94.2 Å². The first-order valence-corrected chi connectivity index (χ1v) is 18.5. The van der Waals surface area contributed by atoms with Gasteiger partial charge in [-0.3, -0.25) is 4.68 Å². The Bertz CT molecular complexity index is 2240. The van der Waals surface area contributed by atoms with Crippen LogP contribution in [0.1, 0.15) is 68.3 Å². The van der Waals surface area contributed by atoms with Crippen molar-refractivity contribution in [3.8, 4) is 16.9 Å². The lowest BCUT2D eigenvalue weighted by Gasteiger charge is -2.26. The summed E-state index contributed by atoms with van der Waals surface area (Å²) in [6.07, 6.45) is 3.17. The molecule has 5 heterocycles. The zero-order chi connectivity index (χ0) is 33.1. The van der Waals surface area contributed by atoms with Gasteiger partial charge in [0.25, 0.3) is 0 Å². The molecule has 3 aromatic carbocycles. The highest BCUT2D eigenvalue weighted by Crippen LogP contribution is 2.45. The van der Waals surface area contributed by atoms with Crippen LogP contribution in [0.2, 0.25) is 5.02 Å². The van der Waals surface area contributed by atoms with Crippen molar-refractivity contribution >= 4 is 62.3 Å². The second-order valence-electron chi connectivity index (χ2n) is 12.7. The van der Waals surface area contributed by atoms with Gasteiger partial charge in [-0.1, -0.05) is 41.9 Å². The number of carbonyl (C=O) groups is 1. The van der Waals surface area contributed by atoms with Crippen LogP contribution in [0.3, 0.4) is 0 Å². The molecule has 0 saturated heterocycles. The fourth-order valence-corrected chi connectivity index (χ4v) is 9.90. The average molecular weight is 698 g/mol. The van der Waals surface area contributed by atoms with E-state index in [1.807, 2.05) is 36.7 Å². The van der Waals surface area contributed by atoms with Gasteiger partial charge in [0, 0.05) is 57.6 Å².